The average molecular weight is 255 g/mol. The van der Waals surface area contributed by atoms with E-state index >= 15 is 0 Å². The van der Waals surface area contributed by atoms with Gasteiger partial charge in [0.15, 0.2) is 0 Å². The van der Waals surface area contributed by atoms with Crippen LogP contribution >= 0.6 is 0 Å². The maximum atomic E-state index is 11.9. The zero-order valence-electron chi connectivity index (χ0n) is 12.1. The van der Waals surface area contributed by atoms with E-state index < -0.39 is 0 Å². The highest BCUT2D eigenvalue weighted by molar-refractivity contribution is 5.81. The Balaban J connectivity index is 2.25. The second-order valence-corrected chi connectivity index (χ2v) is 6.01. The molecule has 1 aliphatic rings. The largest absolute Gasteiger partial charge is 0.351 e. The third-order valence-corrected chi connectivity index (χ3v) is 3.43. The number of amides is 1. The minimum atomic E-state index is -0.367. The Hall–Kier alpha value is -0.610. The SMILES string of the molecule is CC(C)C[C@H](N)C(=O)NC(C)CN1CCCCC1. The third kappa shape index (κ3) is 5.83. The predicted molar refractivity (Wildman–Crippen MR) is 75.3 cm³/mol. The van der Waals surface area contributed by atoms with Gasteiger partial charge in [-0.3, -0.25) is 4.79 Å². The van der Waals surface area contributed by atoms with E-state index in [4.69, 9.17) is 5.73 Å². The number of rotatable bonds is 6. The zero-order valence-corrected chi connectivity index (χ0v) is 12.1. The lowest BCUT2D eigenvalue weighted by atomic mass is 10.0. The summed E-state index contributed by atoms with van der Waals surface area (Å²) in [5.74, 6) is 0.455. The van der Waals surface area contributed by atoms with Crippen molar-refractivity contribution in [2.45, 2.75) is 58.5 Å². The number of piperidine rings is 1. The molecule has 1 rings (SSSR count). The molecule has 1 amide bonds. The van der Waals surface area contributed by atoms with Crippen molar-refractivity contribution in [2.24, 2.45) is 11.7 Å². The van der Waals surface area contributed by atoms with Gasteiger partial charge in [-0.05, 0) is 45.2 Å². The van der Waals surface area contributed by atoms with Crippen molar-refractivity contribution in [1.82, 2.24) is 10.2 Å². The number of carbonyl (C=O) groups excluding carboxylic acids is 1. The molecule has 1 aliphatic heterocycles. The summed E-state index contributed by atoms with van der Waals surface area (Å²) < 4.78 is 0. The van der Waals surface area contributed by atoms with Gasteiger partial charge in [-0.15, -0.1) is 0 Å². The maximum Gasteiger partial charge on any atom is 0.237 e. The van der Waals surface area contributed by atoms with Crippen LogP contribution < -0.4 is 11.1 Å². The molecule has 1 saturated heterocycles. The van der Waals surface area contributed by atoms with Crippen LogP contribution in [0.4, 0.5) is 0 Å². The average Bonchev–Trinajstić information content (AvgIpc) is 2.29. The molecule has 18 heavy (non-hydrogen) atoms. The molecule has 1 unspecified atom stereocenters. The second-order valence-electron chi connectivity index (χ2n) is 6.01. The third-order valence-electron chi connectivity index (χ3n) is 3.43. The van der Waals surface area contributed by atoms with Crippen LogP contribution in [0.25, 0.3) is 0 Å². The van der Waals surface area contributed by atoms with Gasteiger partial charge in [0.1, 0.15) is 0 Å². The minimum Gasteiger partial charge on any atom is -0.351 e. The van der Waals surface area contributed by atoms with Crippen molar-refractivity contribution >= 4 is 5.91 Å². The molecule has 2 atom stereocenters. The first-order valence-corrected chi connectivity index (χ1v) is 7.27. The Morgan fingerprint density at radius 2 is 1.83 bits per heavy atom. The highest BCUT2D eigenvalue weighted by atomic mass is 16.2. The highest BCUT2D eigenvalue weighted by Gasteiger charge is 2.19. The lowest BCUT2D eigenvalue weighted by Gasteiger charge is -2.29. The monoisotopic (exact) mass is 255 g/mol. The Labute approximate surface area is 111 Å². The van der Waals surface area contributed by atoms with Gasteiger partial charge in [0.25, 0.3) is 0 Å². The highest BCUT2D eigenvalue weighted by Crippen LogP contribution is 2.09. The fourth-order valence-corrected chi connectivity index (χ4v) is 2.54. The van der Waals surface area contributed by atoms with Crippen molar-refractivity contribution in [1.29, 1.82) is 0 Å². The molecule has 4 nitrogen and oxygen atoms in total. The lowest BCUT2D eigenvalue weighted by molar-refractivity contribution is -0.123. The first kappa shape index (κ1) is 15.4. The van der Waals surface area contributed by atoms with Crippen LogP contribution in [0.1, 0.15) is 46.5 Å². The lowest BCUT2D eigenvalue weighted by Crippen LogP contribution is -2.49. The van der Waals surface area contributed by atoms with Crippen LogP contribution in [0.15, 0.2) is 0 Å². The van der Waals surface area contributed by atoms with E-state index in [-0.39, 0.29) is 18.0 Å². The Morgan fingerprint density at radius 1 is 1.22 bits per heavy atom. The number of carbonyl (C=O) groups is 1. The Kier molecular flexibility index (Phi) is 6.65. The number of likely N-dealkylation sites (tertiary alicyclic amines) is 1. The molecular weight excluding hydrogens is 226 g/mol. The van der Waals surface area contributed by atoms with Gasteiger partial charge in [-0.1, -0.05) is 20.3 Å². The maximum absolute atomic E-state index is 11.9. The number of nitrogens with two attached hydrogens (primary N) is 1. The van der Waals surface area contributed by atoms with Crippen molar-refractivity contribution in [3.05, 3.63) is 0 Å². The van der Waals surface area contributed by atoms with Gasteiger partial charge in [-0.25, -0.2) is 0 Å². The summed E-state index contributed by atoms with van der Waals surface area (Å²) in [6.45, 7) is 9.51. The van der Waals surface area contributed by atoms with Crippen LogP contribution in [0.3, 0.4) is 0 Å². The molecule has 0 saturated carbocycles. The molecule has 1 fully saturated rings. The number of hydrogen-bond donors (Lipinski definition) is 2. The summed E-state index contributed by atoms with van der Waals surface area (Å²) in [5, 5.41) is 3.03. The molecule has 1 heterocycles. The molecule has 4 heteroatoms. The fraction of sp³-hybridized carbons (Fsp3) is 0.929. The van der Waals surface area contributed by atoms with Crippen molar-refractivity contribution in [3.63, 3.8) is 0 Å². The van der Waals surface area contributed by atoms with E-state index in [1.54, 1.807) is 0 Å². The van der Waals surface area contributed by atoms with Crippen molar-refractivity contribution in [3.8, 4) is 0 Å². The molecule has 0 spiro atoms. The topological polar surface area (TPSA) is 58.4 Å². The minimum absolute atomic E-state index is 0.00629. The number of hydrogen-bond acceptors (Lipinski definition) is 3. The fourth-order valence-electron chi connectivity index (χ4n) is 2.54. The summed E-state index contributed by atoms with van der Waals surface area (Å²) in [6, 6.07) is -0.178. The molecule has 3 N–H and O–H groups in total. The molecule has 0 radical (unpaired) electrons. The van der Waals surface area contributed by atoms with Gasteiger partial charge >= 0.3 is 0 Å². The van der Waals surface area contributed by atoms with E-state index in [0.717, 1.165) is 26.1 Å². The number of nitrogens with one attached hydrogen (secondary N) is 1. The smallest absolute Gasteiger partial charge is 0.237 e. The molecule has 0 aromatic carbocycles. The second kappa shape index (κ2) is 7.74. The Morgan fingerprint density at radius 3 is 2.39 bits per heavy atom. The summed E-state index contributed by atoms with van der Waals surface area (Å²) >= 11 is 0. The predicted octanol–water partition coefficient (Wildman–Crippen LogP) is 1.35. The quantitative estimate of drug-likeness (QED) is 0.753. The molecule has 0 bridgehead atoms. The molecular formula is C14H29N3O. The summed E-state index contributed by atoms with van der Waals surface area (Å²) in [5.41, 5.74) is 5.87. The standard InChI is InChI=1S/C14H29N3O/c1-11(2)9-13(15)14(18)16-12(3)10-17-7-5-4-6-8-17/h11-13H,4-10,15H2,1-3H3,(H,16,18)/t12?,13-/m0/s1. The van der Waals surface area contributed by atoms with Gasteiger partial charge in [-0.2, -0.15) is 0 Å². The van der Waals surface area contributed by atoms with Crippen molar-refractivity contribution in [2.75, 3.05) is 19.6 Å². The number of nitrogens with zero attached hydrogens (tertiary/aromatic N) is 1. The van der Waals surface area contributed by atoms with E-state index in [2.05, 4.69) is 31.0 Å². The first-order chi connectivity index (χ1) is 8.49. The van der Waals surface area contributed by atoms with E-state index in [1.165, 1.54) is 19.3 Å². The molecule has 0 aromatic rings. The van der Waals surface area contributed by atoms with Crippen LogP contribution in [-0.4, -0.2) is 42.5 Å². The summed E-state index contributed by atoms with van der Waals surface area (Å²) in [6.07, 6.45) is 4.67. The van der Waals surface area contributed by atoms with Crippen LogP contribution in [0.5, 0.6) is 0 Å². The van der Waals surface area contributed by atoms with Gasteiger partial charge in [0.2, 0.25) is 5.91 Å². The van der Waals surface area contributed by atoms with Crippen molar-refractivity contribution < 1.29 is 4.79 Å². The van der Waals surface area contributed by atoms with E-state index in [1.807, 2.05) is 0 Å². The Bertz CT molecular complexity index is 249. The van der Waals surface area contributed by atoms with E-state index in [9.17, 15) is 4.79 Å². The molecule has 0 aliphatic carbocycles. The van der Waals surface area contributed by atoms with Gasteiger partial charge in [0.05, 0.1) is 6.04 Å². The summed E-state index contributed by atoms with van der Waals surface area (Å²) in [4.78, 5) is 14.3. The van der Waals surface area contributed by atoms with Crippen LogP contribution in [-0.2, 0) is 4.79 Å². The zero-order chi connectivity index (χ0) is 13.5. The van der Waals surface area contributed by atoms with E-state index in [0.29, 0.717) is 5.92 Å². The van der Waals surface area contributed by atoms with Gasteiger partial charge in [0, 0.05) is 12.6 Å². The van der Waals surface area contributed by atoms with Gasteiger partial charge < -0.3 is 16.0 Å². The normalized spacial score (nSPS) is 20.7. The van der Waals surface area contributed by atoms with Crippen LogP contribution in [0, 0.1) is 5.92 Å². The molecule has 0 aromatic heterocycles. The van der Waals surface area contributed by atoms with Crippen LogP contribution in [0.2, 0.25) is 0 Å². The molecule has 106 valence electrons. The first-order valence-electron chi connectivity index (χ1n) is 7.27. The summed E-state index contributed by atoms with van der Waals surface area (Å²) in [7, 11) is 0.